The van der Waals surface area contributed by atoms with Crippen LogP contribution >= 0.6 is 0 Å². The van der Waals surface area contributed by atoms with Crippen molar-refractivity contribution in [1.82, 2.24) is 0 Å². The molecule has 0 spiro atoms. The SMILES string of the molecule is CCCCOc1ccc([C@@H]2[C@@H]3C(=O)N(c4ccccc4C)C(=O)[C@@H]3ON2c2ccccc2)cc1OC. The lowest BCUT2D eigenvalue weighted by molar-refractivity contribution is -0.126. The third kappa shape index (κ3) is 4.09. The van der Waals surface area contributed by atoms with Crippen LogP contribution in [-0.2, 0) is 14.4 Å². The second-order valence-electron chi connectivity index (χ2n) is 9.07. The van der Waals surface area contributed by atoms with Crippen LogP contribution < -0.4 is 19.4 Å². The van der Waals surface area contributed by atoms with E-state index in [9.17, 15) is 9.59 Å². The molecule has 3 aromatic rings. The van der Waals surface area contributed by atoms with Crippen molar-refractivity contribution in [3.05, 3.63) is 83.9 Å². The van der Waals surface area contributed by atoms with Gasteiger partial charge < -0.3 is 9.47 Å². The number of fused-ring (bicyclic) bond motifs is 1. The van der Waals surface area contributed by atoms with Gasteiger partial charge in [-0.3, -0.25) is 14.4 Å². The van der Waals surface area contributed by atoms with E-state index in [1.807, 2.05) is 73.7 Å². The number of anilines is 2. The molecule has 3 aromatic carbocycles. The Labute approximate surface area is 211 Å². The number of carbonyl (C=O) groups is 2. The molecule has 0 bridgehead atoms. The monoisotopic (exact) mass is 486 g/mol. The lowest BCUT2D eigenvalue weighted by Crippen LogP contribution is -2.37. The zero-order chi connectivity index (χ0) is 25.2. The fourth-order valence-electron chi connectivity index (χ4n) is 4.92. The highest BCUT2D eigenvalue weighted by atomic mass is 16.7. The van der Waals surface area contributed by atoms with Gasteiger partial charge in [0.2, 0.25) is 5.91 Å². The van der Waals surface area contributed by atoms with Crippen LogP contribution in [0.25, 0.3) is 0 Å². The molecule has 7 heteroatoms. The van der Waals surface area contributed by atoms with Crippen molar-refractivity contribution >= 4 is 23.2 Å². The van der Waals surface area contributed by atoms with Gasteiger partial charge in [0, 0.05) is 0 Å². The predicted octanol–water partition coefficient (Wildman–Crippen LogP) is 5.23. The number of imide groups is 1. The van der Waals surface area contributed by atoms with Crippen LogP contribution in [0.2, 0.25) is 0 Å². The zero-order valence-electron chi connectivity index (χ0n) is 20.7. The van der Waals surface area contributed by atoms with Crippen molar-refractivity contribution in [2.75, 3.05) is 23.7 Å². The summed E-state index contributed by atoms with van der Waals surface area (Å²) in [4.78, 5) is 34.9. The summed E-state index contributed by atoms with van der Waals surface area (Å²) >= 11 is 0. The van der Waals surface area contributed by atoms with Crippen LogP contribution in [0.4, 0.5) is 11.4 Å². The van der Waals surface area contributed by atoms with Crippen LogP contribution in [0, 0.1) is 12.8 Å². The van der Waals surface area contributed by atoms with E-state index in [0.29, 0.717) is 23.8 Å². The summed E-state index contributed by atoms with van der Waals surface area (Å²) in [7, 11) is 1.60. The molecule has 2 aliphatic rings. The molecule has 0 N–H and O–H groups in total. The molecule has 5 rings (SSSR count). The number of hydroxylamine groups is 1. The standard InChI is InChI=1S/C29H30N2O5/c1-4-5-17-35-23-16-15-20(18-24(23)34-3)26-25-27(36-31(26)21-12-7-6-8-13-21)29(33)30(28(25)32)22-14-10-9-11-19(22)2/h6-16,18,25-27H,4-5,17H2,1-3H3/t25-,26+,27+/m0/s1. The fourth-order valence-corrected chi connectivity index (χ4v) is 4.92. The Kier molecular flexibility index (Phi) is 6.65. The number of unbranched alkanes of at least 4 members (excludes halogenated alkanes) is 1. The molecule has 2 amide bonds. The molecule has 2 heterocycles. The maximum absolute atomic E-state index is 13.8. The summed E-state index contributed by atoms with van der Waals surface area (Å²) in [6.07, 6.45) is 1.05. The Morgan fingerprint density at radius 2 is 1.67 bits per heavy atom. The van der Waals surface area contributed by atoms with Gasteiger partial charge >= 0.3 is 0 Å². The summed E-state index contributed by atoms with van der Waals surface area (Å²) in [5, 5.41) is 1.69. The van der Waals surface area contributed by atoms with Crippen LogP contribution in [0.3, 0.4) is 0 Å². The van der Waals surface area contributed by atoms with Gasteiger partial charge in [-0.05, 0) is 54.8 Å². The molecule has 2 saturated heterocycles. The molecule has 0 aromatic heterocycles. The van der Waals surface area contributed by atoms with Crippen LogP contribution in [0.15, 0.2) is 72.8 Å². The average molecular weight is 487 g/mol. The summed E-state index contributed by atoms with van der Waals surface area (Å²) in [6.45, 7) is 4.59. The van der Waals surface area contributed by atoms with Crippen molar-refractivity contribution in [2.45, 2.75) is 38.8 Å². The quantitative estimate of drug-likeness (QED) is 0.321. The lowest BCUT2D eigenvalue weighted by atomic mass is 9.90. The average Bonchev–Trinajstić information content (AvgIpc) is 3.41. The number of ether oxygens (including phenoxy) is 2. The van der Waals surface area contributed by atoms with Gasteiger partial charge in [0.25, 0.3) is 5.91 Å². The molecule has 7 nitrogen and oxygen atoms in total. The number of hydrogen-bond acceptors (Lipinski definition) is 6. The number of benzene rings is 3. The van der Waals surface area contributed by atoms with Gasteiger partial charge in [-0.25, -0.2) is 9.96 Å². The Morgan fingerprint density at radius 1 is 0.917 bits per heavy atom. The van der Waals surface area contributed by atoms with Crippen molar-refractivity contribution in [3.63, 3.8) is 0 Å². The minimum atomic E-state index is -0.922. The molecule has 0 saturated carbocycles. The normalized spacial score (nSPS) is 21.1. The first-order valence-corrected chi connectivity index (χ1v) is 12.3. The number of aryl methyl sites for hydroxylation is 1. The van der Waals surface area contributed by atoms with Gasteiger partial charge in [-0.2, -0.15) is 0 Å². The van der Waals surface area contributed by atoms with Gasteiger partial charge in [0.1, 0.15) is 5.92 Å². The van der Waals surface area contributed by atoms with E-state index in [2.05, 4.69) is 6.92 Å². The molecule has 186 valence electrons. The summed E-state index contributed by atoms with van der Waals surface area (Å²) in [5.41, 5.74) is 3.01. The van der Waals surface area contributed by atoms with E-state index in [-0.39, 0.29) is 11.8 Å². The van der Waals surface area contributed by atoms with Gasteiger partial charge in [0.05, 0.1) is 31.1 Å². The Morgan fingerprint density at radius 3 is 2.39 bits per heavy atom. The van der Waals surface area contributed by atoms with E-state index >= 15 is 0 Å². The number of nitrogens with zero attached hydrogens (tertiary/aromatic N) is 2. The van der Waals surface area contributed by atoms with Gasteiger partial charge in [-0.15, -0.1) is 0 Å². The number of carbonyl (C=O) groups excluding carboxylic acids is 2. The zero-order valence-corrected chi connectivity index (χ0v) is 20.7. The van der Waals surface area contributed by atoms with Gasteiger partial charge in [-0.1, -0.05) is 55.8 Å². The summed E-state index contributed by atoms with van der Waals surface area (Å²) in [6, 6.07) is 22.1. The number of para-hydroxylation sites is 2. The van der Waals surface area contributed by atoms with Crippen LogP contribution in [-0.4, -0.2) is 31.6 Å². The first-order chi connectivity index (χ1) is 17.5. The van der Waals surface area contributed by atoms with Crippen molar-refractivity contribution in [2.24, 2.45) is 5.92 Å². The number of methoxy groups -OCH3 is 1. The van der Waals surface area contributed by atoms with E-state index in [1.165, 1.54) is 4.90 Å². The smallest absolute Gasteiger partial charge is 0.266 e. The van der Waals surface area contributed by atoms with E-state index in [1.54, 1.807) is 18.2 Å². The van der Waals surface area contributed by atoms with E-state index in [0.717, 1.165) is 29.7 Å². The van der Waals surface area contributed by atoms with Crippen molar-refractivity contribution in [3.8, 4) is 11.5 Å². The molecule has 0 unspecified atom stereocenters. The van der Waals surface area contributed by atoms with Crippen LogP contribution in [0.1, 0.15) is 36.9 Å². The molecule has 0 aliphatic carbocycles. The highest BCUT2D eigenvalue weighted by molar-refractivity contribution is 6.24. The second kappa shape index (κ2) is 10.0. The molecule has 2 aliphatic heterocycles. The molecular weight excluding hydrogens is 456 g/mol. The first kappa shape index (κ1) is 23.9. The number of rotatable bonds is 8. The highest BCUT2D eigenvalue weighted by Gasteiger charge is 2.60. The highest BCUT2D eigenvalue weighted by Crippen LogP contribution is 2.49. The van der Waals surface area contributed by atoms with Crippen molar-refractivity contribution < 1.29 is 23.9 Å². The minimum absolute atomic E-state index is 0.273. The lowest BCUT2D eigenvalue weighted by Gasteiger charge is -2.29. The summed E-state index contributed by atoms with van der Waals surface area (Å²) < 4.78 is 11.5. The van der Waals surface area contributed by atoms with E-state index < -0.39 is 18.1 Å². The Hall–Kier alpha value is -3.84. The minimum Gasteiger partial charge on any atom is -0.493 e. The van der Waals surface area contributed by atoms with Gasteiger partial charge in [0.15, 0.2) is 17.6 Å². The number of amides is 2. The molecule has 2 fully saturated rings. The second-order valence-corrected chi connectivity index (χ2v) is 9.07. The molecule has 36 heavy (non-hydrogen) atoms. The maximum atomic E-state index is 13.8. The van der Waals surface area contributed by atoms with Crippen LogP contribution in [0.5, 0.6) is 11.5 Å². The predicted molar refractivity (Wildman–Crippen MR) is 137 cm³/mol. The molecular formula is C29H30N2O5. The number of hydrogen-bond donors (Lipinski definition) is 0. The summed E-state index contributed by atoms with van der Waals surface area (Å²) in [5.74, 6) is -0.118. The fraction of sp³-hybridized carbons (Fsp3) is 0.310. The first-order valence-electron chi connectivity index (χ1n) is 12.3. The molecule has 0 radical (unpaired) electrons. The third-order valence-electron chi connectivity index (χ3n) is 6.77. The Balaban J connectivity index is 1.56. The van der Waals surface area contributed by atoms with E-state index in [4.69, 9.17) is 14.3 Å². The maximum Gasteiger partial charge on any atom is 0.266 e. The largest absolute Gasteiger partial charge is 0.493 e. The Bertz CT molecular complexity index is 1260. The van der Waals surface area contributed by atoms with Crippen molar-refractivity contribution in [1.29, 1.82) is 0 Å². The topological polar surface area (TPSA) is 68.3 Å². The third-order valence-corrected chi connectivity index (χ3v) is 6.77. The molecule has 3 atom stereocenters.